The van der Waals surface area contributed by atoms with E-state index in [1.807, 2.05) is 0 Å². The van der Waals surface area contributed by atoms with Crippen molar-refractivity contribution in [3.63, 3.8) is 0 Å². The van der Waals surface area contributed by atoms with Crippen LogP contribution in [0, 0.1) is 11.8 Å². The molecule has 1 atom stereocenters. The van der Waals surface area contributed by atoms with Crippen molar-refractivity contribution in [1.29, 1.82) is 0 Å². The molecule has 3 saturated carbocycles. The molecule has 1 unspecified atom stereocenters. The first-order chi connectivity index (χ1) is 7.56. The Bertz CT molecular complexity index is 305. The summed E-state index contributed by atoms with van der Waals surface area (Å²) in [5, 5.41) is 0. The summed E-state index contributed by atoms with van der Waals surface area (Å²) in [7, 11) is 0. The van der Waals surface area contributed by atoms with Gasteiger partial charge in [-0.2, -0.15) is 0 Å². The summed E-state index contributed by atoms with van der Waals surface area (Å²) in [5.74, 6) is -0.747. The highest BCUT2D eigenvalue weighted by molar-refractivity contribution is 6.00. The number of hydrogen-bond donors (Lipinski definition) is 1. The number of ketones is 1. The maximum atomic E-state index is 12.0. The predicted molar refractivity (Wildman–Crippen MR) is 58.6 cm³/mol. The van der Waals surface area contributed by atoms with Gasteiger partial charge in [-0.1, -0.05) is 0 Å². The van der Waals surface area contributed by atoms with Crippen molar-refractivity contribution in [2.75, 3.05) is 6.61 Å². The van der Waals surface area contributed by atoms with Crippen molar-refractivity contribution in [3.8, 4) is 0 Å². The molecule has 3 rings (SSSR count). The molecule has 2 N–H and O–H groups in total. The lowest BCUT2D eigenvalue weighted by Gasteiger charge is -2.32. The number of esters is 1. The fourth-order valence-electron chi connectivity index (χ4n) is 3.00. The van der Waals surface area contributed by atoms with Gasteiger partial charge in [0.1, 0.15) is 11.7 Å². The number of nitrogens with two attached hydrogens (primary N) is 1. The van der Waals surface area contributed by atoms with E-state index in [0.717, 1.165) is 25.7 Å². The first-order valence-corrected chi connectivity index (χ1v) is 6.04. The molecule has 0 aromatic carbocycles. The highest BCUT2D eigenvalue weighted by Gasteiger charge is 2.47. The van der Waals surface area contributed by atoms with E-state index in [9.17, 15) is 9.59 Å². The average molecular weight is 225 g/mol. The van der Waals surface area contributed by atoms with Gasteiger partial charge in [0.05, 0.1) is 6.61 Å². The second-order valence-corrected chi connectivity index (χ2v) is 5.07. The standard InChI is InChI=1S/C12H19NO3/c1-2-16-11(15)10-8-3-5-12(13,6-4-8)7-9(10)14/h8,10H,2-7,13H2,1H3. The van der Waals surface area contributed by atoms with Crippen LogP contribution >= 0.6 is 0 Å². The van der Waals surface area contributed by atoms with Crippen LogP contribution in [0.2, 0.25) is 0 Å². The third-order valence-electron chi connectivity index (χ3n) is 3.91. The van der Waals surface area contributed by atoms with Crippen molar-refractivity contribution in [1.82, 2.24) is 0 Å². The molecule has 0 heterocycles. The van der Waals surface area contributed by atoms with E-state index in [2.05, 4.69) is 0 Å². The van der Waals surface area contributed by atoms with Crippen molar-refractivity contribution in [2.45, 2.75) is 44.6 Å². The van der Waals surface area contributed by atoms with Crippen molar-refractivity contribution >= 4 is 11.8 Å². The lowest BCUT2D eigenvalue weighted by Crippen LogP contribution is -2.42. The molecule has 0 aromatic rings. The van der Waals surface area contributed by atoms with Crippen molar-refractivity contribution in [2.24, 2.45) is 17.6 Å². The number of fused-ring (bicyclic) bond motifs is 4. The summed E-state index contributed by atoms with van der Waals surface area (Å²) in [4.78, 5) is 23.8. The van der Waals surface area contributed by atoms with Crippen molar-refractivity contribution in [3.05, 3.63) is 0 Å². The molecule has 0 amide bonds. The summed E-state index contributed by atoms with van der Waals surface area (Å²) in [5.41, 5.74) is 5.80. The monoisotopic (exact) mass is 225 g/mol. The summed E-state index contributed by atoms with van der Waals surface area (Å²) < 4.78 is 4.99. The summed E-state index contributed by atoms with van der Waals surface area (Å²) >= 11 is 0. The minimum Gasteiger partial charge on any atom is -0.465 e. The smallest absolute Gasteiger partial charge is 0.316 e. The van der Waals surface area contributed by atoms with E-state index in [0.29, 0.717) is 13.0 Å². The maximum absolute atomic E-state index is 12.0. The van der Waals surface area contributed by atoms with Gasteiger partial charge < -0.3 is 10.5 Å². The predicted octanol–water partition coefficient (Wildman–Crippen LogP) is 1.03. The number of carbonyl (C=O) groups excluding carboxylic acids is 2. The average Bonchev–Trinajstić information content (AvgIpc) is 2.41. The van der Waals surface area contributed by atoms with Gasteiger partial charge in [-0.25, -0.2) is 0 Å². The van der Waals surface area contributed by atoms with E-state index >= 15 is 0 Å². The SMILES string of the molecule is CCOC(=O)C1C(=O)CC2(N)CCC1CC2. The second kappa shape index (κ2) is 4.17. The van der Waals surface area contributed by atoms with Crippen LogP contribution in [0.4, 0.5) is 0 Å². The normalized spacial score (nSPS) is 38.2. The topological polar surface area (TPSA) is 69.4 Å². The summed E-state index contributed by atoms with van der Waals surface area (Å²) in [6, 6.07) is 0. The molecule has 4 heteroatoms. The van der Waals surface area contributed by atoms with Gasteiger partial charge in [-0.15, -0.1) is 0 Å². The molecule has 0 aliphatic heterocycles. The fourth-order valence-corrected chi connectivity index (χ4v) is 3.00. The van der Waals surface area contributed by atoms with Crippen LogP contribution in [-0.4, -0.2) is 23.9 Å². The molecule has 90 valence electrons. The lowest BCUT2D eigenvalue weighted by atomic mass is 9.77. The molecule has 0 saturated heterocycles. The van der Waals surface area contributed by atoms with Gasteiger partial charge >= 0.3 is 5.97 Å². The zero-order valence-corrected chi connectivity index (χ0v) is 9.70. The number of Topliss-reactive ketones (excluding diaryl/α,β-unsaturated/α-hetero) is 1. The second-order valence-electron chi connectivity index (χ2n) is 5.07. The van der Waals surface area contributed by atoms with Gasteiger partial charge in [-0.3, -0.25) is 9.59 Å². The number of ether oxygens (including phenoxy) is 1. The molecule has 0 aromatic heterocycles. The van der Waals surface area contributed by atoms with Crippen LogP contribution < -0.4 is 5.73 Å². The van der Waals surface area contributed by atoms with Crippen LogP contribution in [-0.2, 0) is 14.3 Å². The Hall–Kier alpha value is -0.900. The van der Waals surface area contributed by atoms with Crippen LogP contribution in [0.1, 0.15) is 39.0 Å². The minimum absolute atomic E-state index is 0.0130. The zero-order chi connectivity index (χ0) is 11.8. The van der Waals surface area contributed by atoms with Gasteiger partial charge in [0, 0.05) is 12.0 Å². The minimum atomic E-state index is -0.548. The molecule has 3 fully saturated rings. The molecule has 3 aliphatic rings. The number of hydrogen-bond acceptors (Lipinski definition) is 4. The molecule has 2 bridgehead atoms. The largest absolute Gasteiger partial charge is 0.465 e. The van der Waals surface area contributed by atoms with Crippen LogP contribution in [0.15, 0.2) is 0 Å². The van der Waals surface area contributed by atoms with Gasteiger partial charge in [-0.05, 0) is 38.5 Å². The fraction of sp³-hybridized carbons (Fsp3) is 0.833. The Morgan fingerprint density at radius 2 is 2.12 bits per heavy atom. The molecule has 3 aliphatic carbocycles. The Balaban J connectivity index is 2.19. The number of carbonyl (C=O) groups is 2. The summed E-state index contributed by atoms with van der Waals surface area (Å²) in [6.45, 7) is 2.10. The summed E-state index contributed by atoms with van der Waals surface area (Å²) in [6.07, 6.45) is 3.82. The van der Waals surface area contributed by atoms with Crippen LogP contribution in [0.25, 0.3) is 0 Å². The van der Waals surface area contributed by atoms with E-state index in [1.54, 1.807) is 6.92 Å². The first-order valence-electron chi connectivity index (χ1n) is 6.04. The third kappa shape index (κ3) is 1.98. The molecular formula is C12H19NO3. The molecule has 16 heavy (non-hydrogen) atoms. The lowest BCUT2D eigenvalue weighted by molar-refractivity contribution is -0.153. The molecule has 4 nitrogen and oxygen atoms in total. The maximum Gasteiger partial charge on any atom is 0.316 e. The van der Waals surface area contributed by atoms with Crippen LogP contribution in [0.3, 0.4) is 0 Å². The highest BCUT2D eigenvalue weighted by Crippen LogP contribution is 2.42. The quantitative estimate of drug-likeness (QED) is 0.563. The first kappa shape index (κ1) is 11.6. The van der Waals surface area contributed by atoms with Gasteiger partial charge in [0.25, 0.3) is 0 Å². The van der Waals surface area contributed by atoms with Gasteiger partial charge in [0.15, 0.2) is 0 Å². The van der Waals surface area contributed by atoms with E-state index in [4.69, 9.17) is 10.5 Å². The Morgan fingerprint density at radius 3 is 2.69 bits per heavy atom. The van der Waals surface area contributed by atoms with Gasteiger partial charge in [0.2, 0.25) is 0 Å². The van der Waals surface area contributed by atoms with E-state index in [1.165, 1.54) is 0 Å². The van der Waals surface area contributed by atoms with E-state index < -0.39 is 5.92 Å². The van der Waals surface area contributed by atoms with Crippen LogP contribution in [0.5, 0.6) is 0 Å². The molecule has 0 radical (unpaired) electrons. The zero-order valence-electron chi connectivity index (χ0n) is 9.70. The van der Waals surface area contributed by atoms with Crippen molar-refractivity contribution < 1.29 is 14.3 Å². The Kier molecular flexibility index (Phi) is 3.02. The Labute approximate surface area is 95.5 Å². The van der Waals surface area contributed by atoms with E-state index in [-0.39, 0.29) is 23.2 Å². The number of rotatable bonds is 2. The molecular weight excluding hydrogens is 206 g/mol. The highest BCUT2D eigenvalue weighted by atomic mass is 16.5. The third-order valence-corrected chi connectivity index (χ3v) is 3.91. The molecule has 0 spiro atoms. The Morgan fingerprint density at radius 1 is 1.50 bits per heavy atom.